The fourth-order valence-corrected chi connectivity index (χ4v) is 2.05. The van der Waals surface area contributed by atoms with Crippen molar-refractivity contribution in [2.75, 3.05) is 13.6 Å². The molecule has 0 bridgehead atoms. The van der Waals surface area contributed by atoms with E-state index in [1.165, 1.54) is 12.1 Å². The zero-order valence-electron chi connectivity index (χ0n) is 11.6. The van der Waals surface area contributed by atoms with Gasteiger partial charge < -0.3 is 10.1 Å². The Morgan fingerprint density at radius 1 is 1.00 bits per heavy atom. The molecule has 2 aromatic rings. The van der Waals surface area contributed by atoms with E-state index in [9.17, 15) is 13.2 Å². The van der Waals surface area contributed by atoms with Gasteiger partial charge in [-0.3, -0.25) is 0 Å². The first-order valence-corrected chi connectivity index (χ1v) is 6.58. The van der Waals surface area contributed by atoms with Crippen molar-refractivity contribution in [2.45, 2.75) is 12.8 Å². The molecule has 0 spiro atoms. The highest BCUT2D eigenvalue weighted by molar-refractivity contribution is 5.65. The lowest BCUT2D eigenvalue weighted by atomic mass is 10.0. The Kier molecular flexibility index (Phi) is 4.85. The van der Waals surface area contributed by atoms with Crippen LogP contribution in [0.1, 0.15) is 5.56 Å². The van der Waals surface area contributed by atoms with Crippen LogP contribution in [0.2, 0.25) is 0 Å². The third kappa shape index (κ3) is 4.79. The molecule has 0 amide bonds. The lowest BCUT2D eigenvalue weighted by Gasteiger charge is -2.11. The minimum absolute atomic E-state index is 0.208. The van der Waals surface area contributed by atoms with Gasteiger partial charge in [0, 0.05) is 0 Å². The number of rotatable bonds is 5. The van der Waals surface area contributed by atoms with Gasteiger partial charge in [-0.2, -0.15) is 0 Å². The third-order valence-electron chi connectivity index (χ3n) is 2.99. The van der Waals surface area contributed by atoms with Crippen LogP contribution in [-0.4, -0.2) is 20.0 Å². The number of likely N-dealkylation sites (N-methyl/N-ethyl adjacent to an activating group) is 1. The van der Waals surface area contributed by atoms with E-state index in [0.29, 0.717) is 5.56 Å². The molecule has 5 heteroatoms. The van der Waals surface area contributed by atoms with Gasteiger partial charge in [-0.05, 0) is 48.8 Å². The van der Waals surface area contributed by atoms with E-state index in [-0.39, 0.29) is 5.75 Å². The van der Waals surface area contributed by atoms with Crippen LogP contribution in [0.15, 0.2) is 48.5 Å². The Morgan fingerprint density at radius 2 is 1.67 bits per heavy atom. The van der Waals surface area contributed by atoms with E-state index in [0.717, 1.165) is 24.1 Å². The van der Waals surface area contributed by atoms with Gasteiger partial charge in [-0.25, -0.2) is 0 Å². The van der Waals surface area contributed by atoms with Crippen molar-refractivity contribution in [3.05, 3.63) is 54.1 Å². The maximum absolute atomic E-state index is 12.2. The van der Waals surface area contributed by atoms with Crippen molar-refractivity contribution in [3.63, 3.8) is 0 Å². The Bertz CT molecular complexity index is 596. The first-order valence-electron chi connectivity index (χ1n) is 6.58. The SMILES string of the molecule is CNCCc1cccc(-c2cccc(OC(F)(F)F)c2)c1. The van der Waals surface area contributed by atoms with Crippen LogP contribution in [0.4, 0.5) is 13.2 Å². The summed E-state index contributed by atoms with van der Waals surface area (Å²) in [6.45, 7) is 0.848. The van der Waals surface area contributed by atoms with E-state index >= 15 is 0 Å². The topological polar surface area (TPSA) is 21.3 Å². The second kappa shape index (κ2) is 6.63. The zero-order valence-corrected chi connectivity index (χ0v) is 11.6. The van der Waals surface area contributed by atoms with E-state index < -0.39 is 6.36 Å². The van der Waals surface area contributed by atoms with Gasteiger partial charge in [0.25, 0.3) is 0 Å². The normalized spacial score (nSPS) is 11.4. The minimum Gasteiger partial charge on any atom is -0.406 e. The molecular weight excluding hydrogens is 279 g/mol. The van der Waals surface area contributed by atoms with Crippen LogP contribution < -0.4 is 10.1 Å². The predicted octanol–water partition coefficient (Wildman–Crippen LogP) is 4.01. The van der Waals surface area contributed by atoms with Crippen LogP contribution in [0.25, 0.3) is 11.1 Å². The van der Waals surface area contributed by atoms with Gasteiger partial charge in [-0.15, -0.1) is 13.2 Å². The molecule has 0 saturated heterocycles. The first-order chi connectivity index (χ1) is 9.98. The Balaban J connectivity index is 2.23. The average molecular weight is 295 g/mol. The van der Waals surface area contributed by atoms with E-state index in [1.54, 1.807) is 12.1 Å². The van der Waals surface area contributed by atoms with Crippen molar-refractivity contribution in [3.8, 4) is 16.9 Å². The van der Waals surface area contributed by atoms with Gasteiger partial charge in [0.05, 0.1) is 0 Å². The van der Waals surface area contributed by atoms with Crippen LogP contribution in [0.3, 0.4) is 0 Å². The molecule has 0 aliphatic rings. The highest BCUT2D eigenvalue weighted by Gasteiger charge is 2.31. The highest BCUT2D eigenvalue weighted by Crippen LogP contribution is 2.28. The summed E-state index contributed by atoms with van der Waals surface area (Å²) >= 11 is 0. The second-order valence-corrected chi connectivity index (χ2v) is 4.63. The molecule has 2 aromatic carbocycles. The van der Waals surface area contributed by atoms with Crippen LogP contribution in [-0.2, 0) is 6.42 Å². The smallest absolute Gasteiger partial charge is 0.406 e. The molecule has 0 saturated carbocycles. The Labute approximate surface area is 121 Å². The standard InChI is InChI=1S/C16H16F3NO/c1-20-9-8-12-4-2-5-13(10-12)14-6-3-7-15(11-14)21-16(17,18)19/h2-7,10-11,20H,8-9H2,1H3. The van der Waals surface area contributed by atoms with Gasteiger partial charge in [0.2, 0.25) is 0 Å². The number of hydrogen-bond donors (Lipinski definition) is 1. The molecule has 21 heavy (non-hydrogen) atoms. The number of ether oxygens (including phenoxy) is 1. The quantitative estimate of drug-likeness (QED) is 0.899. The van der Waals surface area contributed by atoms with Crippen molar-refractivity contribution in [1.82, 2.24) is 5.32 Å². The molecule has 0 unspecified atom stereocenters. The summed E-state index contributed by atoms with van der Waals surface area (Å²) in [5.41, 5.74) is 2.70. The largest absolute Gasteiger partial charge is 0.573 e. The summed E-state index contributed by atoms with van der Waals surface area (Å²) < 4.78 is 40.7. The number of hydrogen-bond acceptors (Lipinski definition) is 2. The maximum atomic E-state index is 12.2. The molecule has 0 atom stereocenters. The lowest BCUT2D eigenvalue weighted by molar-refractivity contribution is -0.274. The molecule has 0 aliphatic heterocycles. The van der Waals surface area contributed by atoms with Gasteiger partial charge in [-0.1, -0.05) is 36.4 Å². The summed E-state index contributed by atoms with van der Waals surface area (Å²) in [6, 6.07) is 13.7. The molecule has 112 valence electrons. The van der Waals surface area contributed by atoms with Crippen molar-refractivity contribution in [2.24, 2.45) is 0 Å². The Morgan fingerprint density at radius 3 is 2.33 bits per heavy atom. The fraction of sp³-hybridized carbons (Fsp3) is 0.250. The molecule has 0 aliphatic carbocycles. The summed E-state index contributed by atoms with van der Waals surface area (Å²) in [7, 11) is 1.88. The monoisotopic (exact) mass is 295 g/mol. The Hall–Kier alpha value is -2.01. The second-order valence-electron chi connectivity index (χ2n) is 4.63. The molecule has 0 fully saturated rings. The number of nitrogens with one attached hydrogen (secondary N) is 1. The van der Waals surface area contributed by atoms with Crippen molar-refractivity contribution in [1.29, 1.82) is 0 Å². The molecule has 2 nitrogen and oxygen atoms in total. The summed E-state index contributed by atoms with van der Waals surface area (Å²) in [5.74, 6) is -0.208. The number of benzene rings is 2. The molecule has 0 aromatic heterocycles. The number of halogens is 3. The summed E-state index contributed by atoms with van der Waals surface area (Å²) in [6.07, 6.45) is -3.81. The highest BCUT2D eigenvalue weighted by atomic mass is 19.4. The zero-order chi connectivity index (χ0) is 15.3. The van der Waals surface area contributed by atoms with E-state index in [2.05, 4.69) is 10.1 Å². The van der Waals surface area contributed by atoms with Crippen LogP contribution >= 0.6 is 0 Å². The minimum atomic E-state index is -4.67. The van der Waals surface area contributed by atoms with Crippen LogP contribution in [0, 0.1) is 0 Å². The third-order valence-corrected chi connectivity index (χ3v) is 2.99. The molecule has 1 N–H and O–H groups in total. The van der Waals surface area contributed by atoms with Crippen molar-refractivity contribution < 1.29 is 17.9 Å². The molecule has 0 radical (unpaired) electrons. The van der Waals surface area contributed by atoms with Gasteiger partial charge in [0.15, 0.2) is 0 Å². The van der Waals surface area contributed by atoms with Crippen LogP contribution in [0.5, 0.6) is 5.75 Å². The average Bonchev–Trinajstić information content (AvgIpc) is 2.44. The van der Waals surface area contributed by atoms with Gasteiger partial charge >= 0.3 is 6.36 Å². The molecule has 2 rings (SSSR count). The lowest BCUT2D eigenvalue weighted by Crippen LogP contribution is -2.17. The van der Waals surface area contributed by atoms with Crippen molar-refractivity contribution >= 4 is 0 Å². The van der Waals surface area contributed by atoms with E-state index in [1.807, 2.05) is 31.3 Å². The first kappa shape index (κ1) is 15.4. The summed E-state index contributed by atoms with van der Waals surface area (Å²) in [4.78, 5) is 0. The predicted molar refractivity (Wildman–Crippen MR) is 76.2 cm³/mol. The van der Waals surface area contributed by atoms with E-state index in [4.69, 9.17) is 0 Å². The summed E-state index contributed by atoms with van der Waals surface area (Å²) in [5, 5.41) is 3.07. The maximum Gasteiger partial charge on any atom is 0.573 e. The fourth-order valence-electron chi connectivity index (χ4n) is 2.05. The molecular formula is C16H16F3NO. The molecule has 0 heterocycles. The number of alkyl halides is 3. The van der Waals surface area contributed by atoms with Gasteiger partial charge in [0.1, 0.15) is 5.75 Å².